The molecule has 0 saturated carbocycles. The number of rotatable bonds is 11. The summed E-state index contributed by atoms with van der Waals surface area (Å²) in [6.07, 6.45) is 8.16. The molecular formula is C26H39N9O2. The van der Waals surface area contributed by atoms with Crippen LogP contribution in [0.25, 0.3) is 11.0 Å². The van der Waals surface area contributed by atoms with E-state index in [1.807, 2.05) is 34.8 Å². The van der Waals surface area contributed by atoms with Gasteiger partial charge in [-0.25, -0.2) is 4.98 Å². The van der Waals surface area contributed by atoms with Crippen LogP contribution in [-0.4, -0.2) is 87.8 Å². The number of pyridine rings is 1. The third-order valence-corrected chi connectivity index (χ3v) is 6.89. The lowest BCUT2D eigenvalue weighted by atomic mass is 9.90. The van der Waals surface area contributed by atoms with E-state index in [-0.39, 0.29) is 11.9 Å². The maximum absolute atomic E-state index is 12.5. The lowest BCUT2D eigenvalue weighted by Crippen LogP contribution is -2.39. The summed E-state index contributed by atoms with van der Waals surface area (Å²) in [5.41, 5.74) is 9.33. The first kappa shape index (κ1) is 26.6. The normalized spacial score (nSPS) is 14.5. The fourth-order valence-electron chi connectivity index (χ4n) is 4.73. The van der Waals surface area contributed by atoms with E-state index in [0.29, 0.717) is 30.2 Å². The van der Waals surface area contributed by atoms with E-state index in [1.54, 1.807) is 13.3 Å². The predicted molar refractivity (Wildman–Crippen MR) is 145 cm³/mol. The van der Waals surface area contributed by atoms with Crippen molar-refractivity contribution in [3.63, 3.8) is 0 Å². The van der Waals surface area contributed by atoms with Gasteiger partial charge in [0.15, 0.2) is 5.82 Å². The quantitative estimate of drug-likeness (QED) is 0.375. The number of aromatic nitrogens is 5. The number of piperidine rings is 1. The van der Waals surface area contributed by atoms with Gasteiger partial charge in [0.2, 0.25) is 11.9 Å². The van der Waals surface area contributed by atoms with Crippen molar-refractivity contribution in [2.75, 3.05) is 58.4 Å². The highest BCUT2D eigenvalue weighted by molar-refractivity contribution is 5.86. The van der Waals surface area contributed by atoms with Crippen LogP contribution < -0.4 is 15.8 Å². The number of nitrogens with two attached hydrogens (primary N) is 1. The lowest BCUT2D eigenvalue weighted by molar-refractivity contribution is -0.132. The summed E-state index contributed by atoms with van der Waals surface area (Å²) >= 11 is 0. The van der Waals surface area contributed by atoms with Crippen LogP contribution in [0.4, 0.5) is 11.8 Å². The Morgan fingerprint density at radius 2 is 2.03 bits per heavy atom. The fourth-order valence-corrected chi connectivity index (χ4v) is 4.73. The summed E-state index contributed by atoms with van der Waals surface area (Å²) in [6.45, 7) is 5.69. The number of hydrogen-bond donors (Lipinski definition) is 2. The number of nitrogens with zero attached hydrogens (tertiary/aromatic N) is 7. The molecule has 0 spiro atoms. The summed E-state index contributed by atoms with van der Waals surface area (Å²) < 4.78 is 7.58. The number of carbonyl (C=O) groups is 1. The molecule has 1 saturated heterocycles. The molecule has 3 aromatic heterocycles. The second-order valence-corrected chi connectivity index (χ2v) is 9.87. The number of methoxy groups -OCH3 is 1. The SMILES string of the molecule is CCCCNc1nc(N)nc2cnn(Cc3ncc(C4CCN(C(=O)CCN(C)C)CC4)cc3OC)c12. The molecule has 0 atom stereocenters. The minimum absolute atomic E-state index is 0.219. The number of hydrogen-bond acceptors (Lipinski definition) is 9. The number of likely N-dealkylation sites (tertiary alicyclic amines) is 1. The van der Waals surface area contributed by atoms with Crippen molar-refractivity contribution in [1.82, 2.24) is 34.5 Å². The number of nitrogen functional groups attached to an aromatic ring is 1. The number of amides is 1. The van der Waals surface area contributed by atoms with Crippen molar-refractivity contribution in [2.24, 2.45) is 0 Å². The number of fused-ring (bicyclic) bond motifs is 1. The van der Waals surface area contributed by atoms with Gasteiger partial charge >= 0.3 is 0 Å². The van der Waals surface area contributed by atoms with Crippen molar-refractivity contribution in [3.05, 3.63) is 29.7 Å². The van der Waals surface area contributed by atoms with Gasteiger partial charge in [0.05, 0.1) is 19.9 Å². The molecule has 0 radical (unpaired) electrons. The zero-order valence-corrected chi connectivity index (χ0v) is 22.4. The van der Waals surface area contributed by atoms with E-state index >= 15 is 0 Å². The Kier molecular flexibility index (Phi) is 8.75. The van der Waals surface area contributed by atoms with Crippen LogP contribution in [0.3, 0.4) is 0 Å². The first-order chi connectivity index (χ1) is 17.9. The summed E-state index contributed by atoms with van der Waals surface area (Å²) in [5.74, 6) is 2.21. The van der Waals surface area contributed by atoms with Gasteiger partial charge < -0.3 is 25.6 Å². The van der Waals surface area contributed by atoms with Gasteiger partial charge in [0.1, 0.15) is 22.5 Å². The van der Waals surface area contributed by atoms with E-state index in [1.165, 1.54) is 0 Å². The van der Waals surface area contributed by atoms with Gasteiger partial charge in [-0.1, -0.05) is 13.3 Å². The average molecular weight is 510 g/mol. The molecule has 1 fully saturated rings. The highest BCUT2D eigenvalue weighted by atomic mass is 16.5. The van der Waals surface area contributed by atoms with E-state index in [9.17, 15) is 4.79 Å². The first-order valence-electron chi connectivity index (χ1n) is 13.1. The molecule has 1 aliphatic heterocycles. The van der Waals surface area contributed by atoms with Crippen molar-refractivity contribution in [2.45, 2.75) is 51.5 Å². The van der Waals surface area contributed by atoms with Crippen LogP contribution in [0.2, 0.25) is 0 Å². The zero-order valence-electron chi connectivity index (χ0n) is 22.4. The molecule has 11 heteroatoms. The molecule has 1 aliphatic rings. The predicted octanol–water partition coefficient (Wildman–Crippen LogP) is 2.73. The van der Waals surface area contributed by atoms with E-state index in [2.05, 4.69) is 33.4 Å². The smallest absolute Gasteiger partial charge is 0.223 e. The number of carbonyl (C=O) groups excluding carboxylic acids is 1. The Hall–Kier alpha value is -3.47. The summed E-state index contributed by atoms with van der Waals surface area (Å²) in [5, 5.41) is 7.91. The summed E-state index contributed by atoms with van der Waals surface area (Å²) in [4.78, 5) is 30.1. The van der Waals surface area contributed by atoms with Gasteiger partial charge in [0.25, 0.3) is 0 Å². The maximum Gasteiger partial charge on any atom is 0.223 e. The number of nitrogens with one attached hydrogen (secondary N) is 1. The molecule has 4 rings (SSSR count). The minimum Gasteiger partial charge on any atom is -0.495 e. The molecule has 37 heavy (non-hydrogen) atoms. The summed E-state index contributed by atoms with van der Waals surface area (Å²) in [7, 11) is 5.65. The fraction of sp³-hybridized carbons (Fsp3) is 0.577. The van der Waals surface area contributed by atoms with Crippen molar-refractivity contribution in [3.8, 4) is 5.75 Å². The first-order valence-corrected chi connectivity index (χ1v) is 13.1. The Morgan fingerprint density at radius 3 is 2.73 bits per heavy atom. The van der Waals surface area contributed by atoms with Crippen LogP contribution in [0.1, 0.15) is 56.2 Å². The van der Waals surface area contributed by atoms with Gasteiger partial charge in [-0.3, -0.25) is 14.5 Å². The molecule has 200 valence electrons. The molecule has 3 N–H and O–H groups in total. The van der Waals surface area contributed by atoms with E-state index in [0.717, 1.165) is 74.4 Å². The van der Waals surface area contributed by atoms with Gasteiger partial charge in [-0.2, -0.15) is 10.1 Å². The molecule has 0 aromatic carbocycles. The Labute approximate surface area is 218 Å². The van der Waals surface area contributed by atoms with Crippen LogP contribution in [0.5, 0.6) is 5.75 Å². The minimum atomic E-state index is 0.219. The highest BCUT2D eigenvalue weighted by Crippen LogP contribution is 2.32. The third kappa shape index (κ3) is 6.46. The lowest BCUT2D eigenvalue weighted by Gasteiger charge is -2.32. The standard InChI is InChI=1S/C26H39N9O2/c1-5-6-10-28-25-24-20(31-26(27)32-25)16-30-35(24)17-21-22(37-4)14-19(15-29-21)18-7-12-34(13-8-18)23(36)9-11-33(2)3/h14-16,18H,5-13,17H2,1-4H3,(H3,27,28,31,32). The Balaban J connectivity index is 1.47. The molecule has 0 aliphatic carbocycles. The van der Waals surface area contributed by atoms with Crippen molar-refractivity contribution >= 4 is 28.7 Å². The third-order valence-electron chi connectivity index (χ3n) is 6.89. The van der Waals surface area contributed by atoms with Crippen LogP contribution in [-0.2, 0) is 11.3 Å². The molecule has 0 bridgehead atoms. The maximum atomic E-state index is 12.5. The van der Waals surface area contributed by atoms with Crippen LogP contribution in [0.15, 0.2) is 18.5 Å². The van der Waals surface area contributed by atoms with Crippen LogP contribution >= 0.6 is 0 Å². The Bertz CT molecular complexity index is 1200. The number of unbranched alkanes of at least 4 members (excludes halogenated alkanes) is 1. The van der Waals surface area contributed by atoms with Gasteiger partial charge in [0, 0.05) is 38.8 Å². The van der Waals surface area contributed by atoms with E-state index in [4.69, 9.17) is 15.5 Å². The molecule has 3 aromatic rings. The second kappa shape index (κ2) is 12.2. The van der Waals surface area contributed by atoms with E-state index < -0.39 is 0 Å². The molecular weight excluding hydrogens is 470 g/mol. The molecule has 4 heterocycles. The molecule has 0 unspecified atom stereocenters. The number of anilines is 2. The summed E-state index contributed by atoms with van der Waals surface area (Å²) in [6, 6.07) is 2.08. The van der Waals surface area contributed by atoms with Crippen molar-refractivity contribution < 1.29 is 9.53 Å². The number of ether oxygens (including phenoxy) is 1. The Morgan fingerprint density at radius 1 is 1.24 bits per heavy atom. The van der Waals surface area contributed by atoms with Gasteiger partial charge in [-0.05, 0) is 50.9 Å². The zero-order chi connectivity index (χ0) is 26.4. The molecule has 1 amide bonds. The highest BCUT2D eigenvalue weighted by Gasteiger charge is 2.25. The second-order valence-electron chi connectivity index (χ2n) is 9.87. The van der Waals surface area contributed by atoms with Crippen LogP contribution in [0, 0.1) is 0 Å². The topological polar surface area (TPSA) is 127 Å². The van der Waals surface area contributed by atoms with Gasteiger partial charge in [-0.15, -0.1) is 0 Å². The average Bonchev–Trinajstić information content (AvgIpc) is 3.30. The van der Waals surface area contributed by atoms with Crippen molar-refractivity contribution in [1.29, 1.82) is 0 Å². The largest absolute Gasteiger partial charge is 0.495 e. The monoisotopic (exact) mass is 509 g/mol. The molecule has 11 nitrogen and oxygen atoms in total.